The molecule has 0 aromatic heterocycles. The van der Waals surface area contributed by atoms with Gasteiger partial charge < -0.3 is 10.2 Å². The van der Waals surface area contributed by atoms with Crippen molar-refractivity contribution >= 4 is 5.78 Å². The van der Waals surface area contributed by atoms with Crippen molar-refractivity contribution in [3.05, 3.63) is 0 Å². The number of aliphatic hydroxyl groups is 2. The molecule has 4 saturated carbocycles. The maximum absolute atomic E-state index is 11.9. The fourth-order valence-corrected chi connectivity index (χ4v) is 8.94. The summed E-state index contributed by atoms with van der Waals surface area (Å²) in [6, 6.07) is 0. The number of hydrogen-bond acceptors (Lipinski definition) is 3. The second kappa shape index (κ2) is 7.93. The average molecular weight is 405 g/mol. The minimum Gasteiger partial charge on any atom is -0.393 e. The summed E-state index contributed by atoms with van der Waals surface area (Å²) in [6.45, 7) is 9.37. The average Bonchev–Trinajstić information content (AvgIpc) is 3.04. The highest BCUT2D eigenvalue weighted by molar-refractivity contribution is 5.77. The molecule has 3 heteroatoms. The second-order valence-electron chi connectivity index (χ2n) is 11.9. The van der Waals surface area contributed by atoms with Crippen molar-refractivity contribution in [2.45, 2.75) is 111 Å². The van der Waals surface area contributed by atoms with Crippen molar-refractivity contribution in [3.63, 3.8) is 0 Å². The molecule has 0 radical (unpaired) electrons. The summed E-state index contributed by atoms with van der Waals surface area (Å²) in [5.41, 5.74) is 0.635. The van der Waals surface area contributed by atoms with Gasteiger partial charge in [0, 0.05) is 12.8 Å². The number of fused-ring (bicyclic) bond motifs is 5. The number of carbonyl (C=O) groups excluding carboxylic acids is 1. The molecule has 4 aliphatic rings. The van der Waals surface area contributed by atoms with Gasteiger partial charge in [-0.05, 0) is 104 Å². The zero-order valence-corrected chi connectivity index (χ0v) is 19.2. The minimum absolute atomic E-state index is 0.159. The summed E-state index contributed by atoms with van der Waals surface area (Å²) in [4.78, 5) is 11.9. The standard InChI is InChI=1S/C26H44O3/c1-5-18(27)7-6-16(2)20-8-9-21-24-22(11-13-26(20,21)4)25(3)12-10-19(28)14-17(25)15-23(24)29/h16-17,19-24,28-29H,5-15H2,1-4H3/t16-,17+,19-,20-,21+,22+,23-,24+,25+,26-/m1/s1. The first-order valence-electron chi connectivity index (χ1n) is 12.6. The highest BCUT2D eigenvalue weighted by atomic mass is 16.3. The Hall–Kier alpha value is -0.410. The Kier molecular flexibility index (Phi) is 5.97. The van der Waals surface area contributed by atoms with Gasteiger partial charge in [0.25, 0.3) is 0 Å². The number of Topliss-reactive ketones (excluding diaryl/α,β-unsaturated/α-hetero) is 1. The van der Waals surface area contributed by atoms with Gasteiger partial charge in [-0.1, -0.05) is 27.7 Å². The summed E-state index contributed by atoms with van der Waals surface area (Å²) in [7, 11) is 0. The van der Waals surface area contributed by atoms with Gasteiger partial charge in [-0.15, -0.1) is 0 Å². The Labute approximate surface area is 178 Å². The zero-order valence-electron chi connectivity index (χ0n) is 19.2. The van der Waals surface area contributed by atoms with Gasteiger partial charge in [0.05, 0.1) is 12.2 Å². The van der Waals surface area contributed by atoms with Crippen LogP contribution in [0.3, 0.4) is 0 Å². The lowest BCUT2D eigenvalue weighted by atomic mass is 9.43. The molecule has 2 N–H and O–H groups in total. The number of aliphatic hydroxyl groups excluding tert-OH is 2. The van der Waals surface area contributed by atoms with Crippen molar-refractivity contribution in [2.24, 2.45) is 46.3 Å². The van der Waals surface area contributed by atoms with Crippen LogP contribution in [0.5, 0.6) is 0 Å². The molecule has 4 fully saturated rings. The summed E-state index contributed by atoms with van der Waals surface area (Å²) in [6.07, 6.45) is 11.0. The third-order valence-electron chi connectivity index (χ3n) is 10.7. The van der Waals surface area contributed by atoms with E-state index in [0.717, 1.165) is 38.5 Å². The normalized spacial score (nSPS) is 50.3. The molecule has 0 aliphatic heterocycles. The van der Waals surface area contributed by atoms with Crippen LogP contribution in [0.25, 0.3) is 0 Å². The molecule has 0 aromatic carbocycles. The largest absolute Gasteiger partial charge is 0.393 e. The molecule has 0 spiro atoms. The maximum Gasteiger partial charge on any atom is 0.132 e. The fraction of sp³-hybridized carbons (Fsp3) is 0.962. The molecule has 29 heavy (non-hydrogen) atoms. The van der Waals surface area contributed by atoms with Gasteiger partial charge >= 0.3 is 0 Å². The van der Waals surface area contributed by atoms with Crippen LogP contribution in [0.4, 0.5) is 0 Å². The number of hydrogen-bond donors (Lipinski definition) is 2. The van der Waals surface area contributed by atoms with Crippen LogP contribution in [0.2, 0.25) is 0 Å². The Morgan fingerprint density at radius 1 is 1.00 bits per heavy atom. The molecule has 4 rings (SSSR count). The van der Waals surface area contributed by atoms with Crippen molar-refractivity contribution in [1.29, 1.82) is 0 Å². The summed E-state index contributed by atoms with van der Waals surface area (Å²) >= 11 is 0. The van der Waals surface area contributed by atoms with Crippen LogP contribution in [-0.2, 0) is 4.79 Å². The van der Waals surface area contributed by atoms with Gasteiger partial charge in [0.15, 0.2) is 0 Å². The molecule has 3 nitrogen and oxygen atoms in total. The van der Waals surface area contributed by atoms with Crippen molar-refractivity contribution in [3.8, 4) is 0 Å². The van der Waals surface area contributed by atoms with E-state index in [2.05, 4.69) is 20.8 Å². The lowest BCUT2D eigenvalue weighted by Gasteiger charge is -2.62. The highest BCUT2D eigenvalue weighted by Gasteiger charge is 2.62. The van der Waals surface area contributed by atoms with E-state index in [9.17, 15) is 15.0 Å². The Morgan fingerprint density at radius 3 is 2.41 bits per heavy atom. The van der Waals surface area contributed by atoms with E-state index < -0.39 is 0 Å². The van der Waals surface area contributed by atoms with Gasteiger partial charge in [-0.3, -0.25) is 4.79 Å². The fourth-order valence-electron chi connectivity index (χ4n) is 8.94. The van der Waals surface area contributed by atoms with Crippen molar-refractivity contribution < 1.29 is 15.0 Å². The lowest BCUT2D eigenvalue weighted by Crippen LogP contribution is -2.58. The molecule has 0 saturated heterocycles. The second-order valence-corrected chi connectivity index (χ2v) is 11.9. The molecule has 0 amide bonds. The van der Waals surface area contributed by atoms with Crippen LogP contribution >= 0.6 is 0 Å². The van der Waals surface area contributed by atoms with Gasteiger partial charge in [-0.25, -0.2) is 0 Å². The van der Waals surface area contributed by atoms with E-state index in [1.54, 1.807) is 0 Å². The highest BCUT2D eigenvalue weighted by Crippen LogP contribution is 2.68. The number of rotatable bonds is 5. The van der Waals surface area contributed by atoms with E-state index in [4.69, 9.17) is 0 Å². The van der Waals surface area contributed by atoms with E-state index in [1.807, 2.05) is 6.92 Å². The molecular formula is C26H44O3. The Morgan fingerprint density at radius 2 is 1.69 bits per heavy atom. The van der Waals surface area contributed by atoms with E-state index in [-0.39, 0.29) is 12.2 Å². The van der Waals surface area contributed by atoms with Gasteiger partial charge in [0.1, 0.15) is 5.78 Å². The number of carbonyl (C=O) groups is 1. The van der Waals surface area contributed by atoms with E-state index in [0.29, 0.717) is 58.5 Å². The van der Waals surface area contributed by atoms with Crippen LogP contribution < -0.4 is 0 Å². The van der Waals surface area contributed by atoms with Gasteiger partial charge in [0.2, 0.25) is 0 Å². The first kappa shape index (κ1) is 21.8. The smallest absolute Gasteiger partial charge is 0.132 e. The SMILES string of the molecule is CCC(=O)CC[C@@H](C)[C@H]1CC[C@H]2[C@@H]3[C@H](O)C[C@@H]4C[C@H](O)CC[C@]4(C)[C@H]3CC[C@]12C. The Bertz CT molecular complexity index is 617. The van der Waals surface area contributed by atoms with Crippen LogP contribution in [0.1, 0.15) is 98.3 Å². The molecule has 4 aliphatic carbocycles. The minimum atomic E-state index is -0.191. The van der Waals surface area contributed by atoms with Gasteiger partial charge in [-0.2, -0.15) is 0 Å². The van der Waals surface area contributed by atoms with Crippen molar-refractivity contribution in [2.75, 3.05) is 0 Å². The quantitative estimate of drug-likeness (QED) is 0.647. The van der Waals surface area contributed by atoms with Crippen LogP contribution in [-0.4, -0.2) is 28.2 Å². The lowest BCUT2D eigenvalue weighted by molar-refractivity contribution is -0.174. The predicted molar refractivity (Wildman–Crippen MR) is 116 cm³/mol. The third kappa shape index (κ3) is 3.53. The molecule has 0 aromatic rings. The third-order valence-corrected chi connectivity index (χ3v) is 10.7. The zero-order chi connectivity index (χ0) is 21.0. The monoisotopic (exact) mass is 404 g/mol. The van der Waals surface area contributed by atoms with Crippen molar-refractivity contribution in [1.82, 2.24) is 0 Å². The summed E-state index contributed by atoms with van der Waals surface area (Å²) in [5, 5.41) is 21.5. The van der Waals surface area contributed by atoms with Crippen LogP contribution in [0, 0.1) is 46.3 Å². The summed E-state index contributed by atoms with van der Waals surface area (Å²) < 4.78 is 0. The summed E-state index contributed by atoms with van der Waals surface area (Å²) in [5.74, 6) is 3.90. The molecule has 0 heterocycles. The topological polar surface area (TPSA) is 57.5 Å². The predicted octanol–water partition coefficient (Wildman–Crippen LogP) is 5.37. The number of ketones is 1. The van der Waals surface area contributed by atoms with E-state index in [1.165, 1.54) is 25.7 Å². The Balaban J connectivity index is 1.53. The first-order chi connectivity index (χ1) is 13.7. The first-order valence-corrected chi connectivity index (χ1v) is 12.6. The van der Waals surface area contributed by atoms with Crippen LogP contribution in [0.15, 0.2) is 0 Å². The molecule has 0 bridgehead atoms. The molecule has 166 valence electrons. The molecular weight excluding hydrogens is 360 g/mol. The maximum atomic E-state index is 11.9. The molecule has 10 atom stereocenters. The van der Waals surface area contributed by atoms with E-state index >= 15 is 0 Å². The molecule has 0 unspecified atom stereocenters.